The molecule has 7 nitrogen and oxygen atoms in total. The molecule has 1 aliphatic rings. The lowest BCUT2D eigenvalue weighted by atomic mass is 10.1. The number of hydrogen-bond acceptors (Lipinski definition) is 6. The first kappa shape index (κ1) is 25.2. The number of nitrogens with zero attached hydrogens (tertiary/aromatic N) is 2. The van der Waals surface area contributed by atoms with Crippen LogP contribution in [-0.2, 0) is 15.6 Å². The van der Waals surface area contributed by atoms with Crippen molar-refractivity contribution in [1.29, 1.82) is 0 Å². The quantitative estimate of drug-likeness (QED) is 0.447. The van der Waals surface area contributed by atoms with E-state index in [9.17, 15) is 13.2 Å². The van der Waals surface area contributed by atoms with Crippen LogP contribution in [0.3, 0.4) is 0 Å². The fraction of sp³-hybridized carbons (Fsp3) is 0.308. The van der Waals surface area contributed by atoms with Crippen LogP contribution < -0.4 is 10.1 Å². The zero-order chi connectivity index (χ0) is 24.8. The third kappa shape index (κ3) is 7.04. The van der Waals surface area contributed by atoms with E-state index in [1.807, 2.05) is 18.2 Å². The maximum Gasteiger partial charge on any atom is 0.255 e. The number of rotatable bonds is 9. The smallest absolute Gasteiger partial charge is 0.255 e. The van der Waals surface area contributed by atoms with Crippen LogP contribution in [0.5, 0.6) is 5.75 Å². The highest BCUT2D eigenvalue weighted by Crippen LogP contribution is 2.30. The zero-order valence-corrected chi connectivity index (χ0v) is 21.1. The fourth-order valence-electron chi connectivity index (χ4n) is 4.05. The van der Waals surface area contributed by atoms with Gasteiger partial charge in [-0.05, 0) is 68.4 Å². The third-order valence-electron chi connectivity index (χ3n) is 5.78. The van der Waals surface area contributed by atoms with Gasteiger partial charge in [0.05, 0.1) is 16.5 Å². The van der Waals surface area contributed by atoms with Gasteiger partial charge >= 0.3 is 0 Å². The highest BCUT2D eigenvalue weighted by Gasteiger charge is 2.17. The molecule has 2 heterocycles. The molecule has 35 heavy (non-hydrogen) atoms. The molecule has 0 spiro atoms. The van der Waals surface area contributed by atoms with Gasteiger partial charge in [0.1, 0.15) is 12.4 Å². The highest BCUT2D eigenvalue weighted by molar-refractivity contribution is 7.89. The summed E-state index contributed by atoms with van der Waals surface area (Å²) in [6, 6.07) is 15.6. The van der Waals surface area contributed by atoms with Crippen molar-refractivity contribution in [2.75, 3.05) is 37.8 Å². The lowest BCUT2D eigenvalue weighted by Crippen LogP contribution is -2.25. The van der Waals surface area contributed by atoms with E-state index in [4.69, 9.17) is 16.3 Å². The molecule has 0 bridgehead atoms. The number of ether oxygens (including phenoxy) is 1. The molecule has 3 aromatic rings. The number of pyridine rings is 1. The maximum atomic E-state index is 13.0. The Hall–Kier alpha value is -2.94. The number of likely N-dealkylation sites (tertiary alicyclic amines) is 1. The standard InChI is InChI=1S/C26H28ClN3O4S/c1-35(32,33)18-20-8-7-19(16-25(20)34-15-14-30-12-4-5-13-30)26(31)29-21-9-10-23(27)22(17-21)24-6-2-3-11-28-24/h2-3,6-11,16-17H,4-5,12-15,18H2,1H3,(H,29,31). The summed E-state index contributed by atoms with van der Waals surface area (Å²) < 4.78 is 29.8. The molecule has 1 amide bonds. The number of benzene rings is 2. The van der Waals surface area contributed by atoms with Crippen LogP contribution in [0, 0.1) is 0 Å². The number of aromatic nitrogens is 1. The van der Waals surface area contributed by atoms with Crippen molar-refractivity contribution in [2.45, 2.75) is 18.6 Å². The molecule has 1 saturated heterocycles. The summed E-state index contributed by atoms with van der Waals surface area (Å²) in [5.41, 5.74) is 2.88. The van der Waals surface area contributed by atoms with Gasteiger partial charge in [-0.3, -0.25) is 14.7 Å². The number of amides is 1. The first-order valence-electron chi connectivity index (χ1n) is 11.5. The number of halogens is 1. The maximum absolute atomic E-state index is 13.0. The van der Waals surface area contributed by atoms with Crippen LogP contribution in [-0.4, -0.2) is 56.7 Å². The van der Waals surface area contributed by atoms with Gasteiger partial charge in [0.25, 0.3) is 5.91 Å². The second-order valence-electron chi connectivity index (χ2n) is 8.65. The minimum Gasteiger partial charge on any atom is -0.492 e. The predicted molar refractivity (Wildman–Crippen MR) is 139 cm³/mol. The largest absolute Gasteiger partial charge is 0.492 e. The lowest BCUT2D eigenvalue weighted by Gasteiger charge is -2.17. The van der Waals surface area contributed by atoms with Crippen LogP contribution in [0.4, 0.5) is 5.69 Å². The molecule has 1 N–H and O–H groups in total. The SMILES string of the molecule is CS(=O)(=O)Cc1ccc(C(=O)Nc2ccc(Cl)c(-c3ccccn3)c2)cc1OCCN1CCCC1. The molecule has 1 aliphatic heterocycles. The van der Waals surface area contributed by atoms with Crippen LogP contribution >= 0.6 is 11.6 Å². The number of sulfone groups is 1. The summed E-state index contributed by atoms with van der Waals surface area (Å²) in [5.74, 6) is -0.0828. The summed E-state index contributed by atoms with van der Waals surface area (Å²) in [6.07, 6.45) is 5.23. The van der Waals surface area contributed by atoms with E-state index in [0.717, 1.165) is 19.6 Å². The van der Waals surface area contributed by atoms with Gasteiger partial charge in [-0.1, -0.05) is 23.7 Å². The van der Waals surface area contributed by atoms with Gasteiger partial charge in [0.15, 0.2) is 9.84 Å². The van der Waals surface area contributed by atoms with Gasteiger partial charge in [0.2, 0.25) is 0 Å². The van der Waals surface area contributed by atoms with E-state index in [-0.39, 0.29) is 11.7 Å². The van der Waals surface area contributed by atoms with Gasteiger partial charge in [-0.15, -0.1) is 0 Å². The minimum absolute atomic E-state index is 0.154. The Bertz CT molecular complexity index is 1290. The predicted octanol–water partition coefficient (Wildman–Crippen LogP) is 4.67. The van der Waals surface area contributed by atoms with Crippen LogP contribution in [0.25, 0.3) is 11.3 Å². The Kier molecular flexibility index (Phi) is 8.05. The van der Waals surface area contributed by atoms with Crippen molar-refractivity contribution in [3.8, 4) is 17.0 Å². The molecule has 9 heteroatoms. The molecule has 1 aromatic heterocycles. The Morgan fingerprint density at radius 3 is 2.63 bits per heavy atom. The Morgan fingerprint density at radius 2 is 1.91 bits per heavy atom. The number of carbonyl (C=O) groups is 1. The van der Waals surface area contributed by atoms with E-state index in [1.54, 1.807) is 42.6 Å². The van der Waals surface area contributed by atoms with Crippen LogP contribution in [0.15, 0.2) is 60.8 Å². The Balaban J connectivity index is 1.52. The van der Waals surface area contributed by atoms with E-state index >= 15 is 0 Å². The van der Waals surface area contributed by atoms with Crippen molar-refractivity contribution in [3.63, 3.8) is 0 Å². The highest BCUT2D eigenvalue weighted by atomic mass is 35.5. The monoisotopic (exact) mass is 513 g/mol. The van der Waals surface area contributed by atoms with Gasteiger partial charge in [0, 0.05) is 41.4 Å². The number of nitrogens with one attached hydrogen (secondary N) is 1. The second kappa shape index (κ2) is 11.2. The van der Waals surface area contributed by atoms with Crippen LogP contribution in [0.1, 0.15) is 28.8 Å². The average molecular weight is 514 g/mol. The van der Waals surface area contributed by atoms with E-state index < -0.39 is 9.84 Å². The molecule has 0 saturated carbocycles. The van der Waals surface area contributed by atoms with E-state index in [0.29, 0.717) is 45.5 Å². The van der Waals surface area contributed by atoms with Gasteiger partial charge in [-0.2, -0.15) is 0 Å². The first-order chi connectivity index (χ1) is 16.8. The average Bonchev–Trinajstić information content (AvgIpc) is 3.34. The zero-order valence-electron chi connectivity index (χ0n) is 19.5. The van der Waals surface area contributed by atoms with E-state index in [2.05, 4.69) is 15.2 Å². The first-order valence-corrected chi connectivity index (χ1v) is 13.9. The Labute approximate surface area is 211 Å². The molecular formula is C26H28ClN3O4S. The van der Waals surface area contributed by atoms with E-state index in [1.165, 1.54) is 19.1 Å². The minimum atomic E-state index is -3.27. The van der Waals surface area contributed by atoms with Crippen molar-refractivity contribution in [3.05, 3.63) is 76.9 Å². The summed E-state index contributed by atoms with van der Waals surface area (Å²) in [6.45, 7) is 3.27. The van der Waals surface area contributed by atoms with Crippen molar-refractivity contribution >= 4 is 33.0 Å². The lowest BCUT2D eigenvalue weighted by molar-refractivity contribution is 0.102. The number of hydrogen-bond donors (Lipinski definition) is 1. The normalized spacial score (nSPS) is 14.1. The molecule has 1 fully saturated rings. The van der Waals surface area contributed by atoms with Crippen molar-refractivity contribution < 1.29 is 17.9 Å². The molecule has 4 rings (SSSR count). The summed E-state index contributed by atoms with van der Waals surface area (Å²) in [7, 11) is -3.27. The van der Waals surface area contributed by atoms with Crippen molar-refractivity contribution in [1.82, 2.24) is 9.88 Å². The van der Waals surface area contributed by atoms with Gasteiger partial charge in [-0.25, -0.2) is 8.42 Å². The number of carbonyl (C=O) groups excluding carboxylic acids is 1. The second-order valence-corrected chi connectivity index (χ2v) is 11.2. The Morgan fingerprint density at radius 1 is 1.11 bits per heavy atom. The summed E-state index contributed by atoms with van der Waals surface area (Å²) >= 11 is 6.35. The molecule has 0 atom stereocenters. The fourth-order valence-corrected chi connectivity index (χ4v) is 5.07. The molecule has 0 aliphatic carbocycles. The summed E-state index contributed by atoms with van der Waals surface area (Å²) in [4.78, 5) is 19.7. The van der Waals surface area contributed by atoms with Crippen LogP contribution in [0.2, 0.25) is 5.02 Å². The molecule has 0 radical (unpaired) electrons. The van der Waals surface area contributed by atoms with Gasteiger partial charge < -0.3 is 10.1 Å². The molecular weight excluding hydrogens is 486 g/mol. The van der Waals surface area contributed by atoms with Crippen molar-refractivity contribution in [2.24, 2.45) is 0 Å². The topological polar surface area (TPSA) is 88.6 Å². The number of anilines is 1. The molecule has 184 valence electrons. The third-order valence-corrected chi connectivity index (χ3v) is 6.94. The molecule has 2 aromatic carbocycles. The summed E-state index contributed by atoms with van der Waals surface area (Å²) in [5, 5.41) is 3.41. The molecule has 0 unspecified atom stereocenters.